The minimum Gasteiger partial charge on any atom is -0.497 e. The summed E-state index contributed by atoms with van der Waals surface area (Å²) in [6.45, 7) is 0.825. The molecule has 0 bridgehead atoms. The van der Waals surface area contributed by atoms with E-state index in [2.05, 4.69) is 5.32 Å². The molecule has 4 rings (SSSR count). The van der Waals surface area contributed by atoms with Crippen molar-refractivity contribution in [3.05, 3.63) is 48.5 Å². The number of imidazole rings is 1. The molecule has 1 amide bonds. The fraction of sp³-hybridized carbons (Fsp3) is 0.333. The molecule has 1 aliphatic carbocycles. The monoisotopic (exact) mass is 397 g/mol. The quantitative estimate of drug-likeness (QED) is 0.442. The highest BCUT2D eigenvalue weighted by Crippen LogP contribution is 2.25. The number of hydrogen-bond acceptors (Lipinski definition) is 5. The molecule has 0 saturated heterocycles. The molecule has 146 valence electrons. The molecule has 1 heterocycles. The summed E-state index contributed by atoms with van der Waals surface area (Å²) in [4.78, 5) is 17.0. The van der Waals surface area contributed by atoms with Crippen molar-refractivity contribution in [3.8, 4) is 11.5 Å². The second kappa shape index (κ2) is 8.56. The third-order valence-electron chi connectivity index (χ3n) is 4.49. The molecule has 0 spiro atoms. The minimum absolute atomic E-state index is 0.0418. The number of hydrogen-bond donors (Lipinski definition) is 1. The molecule has 28 heavy (non-hydrogen) atoms. The van der Waals surface area contributed by atoms with E-state index in [9.17, 15) is 4.79 Å². The Bertz CT molecular complexity index is 968. The number of thioether (sulfide) groups is 1. The van der Waals surface area contributed by atoms with Gasteiger partial charge in [-0.05, 0) is 37.1 Å². The number of carbonyl (C=O) groups excluding carboxylic acids is 1. The van der Waals surface area contributed by atoms with Crippen LogP contribution < -0.4 is 14.8 Å². The highest BCUT2D eigenvalue weighted by molar-refractivity contribution is 7.99. The van der Waals surface area contributed by atoms with Crippen LogP contribution in [0.25, 0.3) is 11.0 Å². The Kier molecular flexibility index (Phi) is 5.71. The summed E-state index contributed by atoms with van der Waals surface area (Å²) in [5, 5.41) is 3.88. The van der Waals surface area contributed by atoms with Gasteiger partial charge in [-0.3, -0.25) is 4.79 Å². The maximum Gasteiger partial charge on any atom is 0.240 e. The maximum atomic E-state index is 12.3. The largest absolute Gasteiger partial charge is 0.497 e. The fourth-order valence-corrected chi connectivity index (χ4v) is 3.78. The smallest absolute Gasteiger partial charge is 0.240 e. The third kappa shape index (κ3) is 4.59. The number of benzene rings is 2. The minimum atomic E-state index is 0.0418. The molecule has 3 aromatic rings. The van der Waals surface area contributed by atoms with Crippen molar-refractivity contribution >= 4 is 28.7 Å². The average molecular weight is 398 g/mol. The lowest BCUT2D eigenvalue weighted by Gasteiger charge is -2.10. The second-order valence-electron chi connectivity index (χ2n) is 6.69. The molecule has 1 aromatic heterocycles. The average Bonchev–Trinajstić information content (AvgIpc) is 3.46. The summed E-state index contributed by atoms with van der Waals surface area (Å²) < 4.78 is 13.0. The Hall–Kier alpha value is -2.67. The van der Waals surface area contributed by atoms with Gasteiger partial charge in [0, 0.05) is 17.9 Å². The molecule has 6 nitrogen and oxygen atoms in total. The van der Waals surface area contributed by atoms with Gasteiger partial charge in [0.05, 0.1) is 24.8 Å². The normalized spacial score (nSPS) is 13.5. The molecule has 0 unspecified atom stereocenters. The summed E-state index contributed by atoms with van der Waals surface area (Å²) in [5.41, 5.74) is 1.88. The molecule has 7 heteroatoms. The van der Waals surface area contributed by atoms with Crippen LogP contribution in [0.4, 0.5) is 0 Å². The molecule has 1 N–H and O–H groups in total. The number of nitrogens with zero attached hydrogens (tertiary/aromatic N) is 2. The Morgan fingerprint density at radius 2 is 2.04 bits per heavy atom. The van der Waals surface area contributed by atoms with Crippen LogP contribution in [0.5, 0.6) is 11.5 Å². The molecule has 1 aliphatic rings. The maximum absolute atomic E-state index is 12.3. The predicted octanol–water partition coefficient (Wildman–Crippen LogP) is 3.49. The van der Waals surface area contributed by atoms with Gasteiger partial charge < -0.3 is 19.4 Å². The lowest BCUT2D eigenvalue weighted by molar-refractivity contribution is -0.121. The van der Waals surface area contributed by atoms with Crippen molar-refractivity contribution in [1.29, 1.82) is 0 Å². The Labute approximate surface area is 168 Å². The van der Waals surface area contributed by atoms with Gasteiger partial charge in [0.25, 0.3) is 0 Å². The van der Waals surface area contributed by atoms with E-state index in [-0.39, 0.29) is 12.5 Å². The van der Waals surface area contributed by atoms with E-state index in [0.29, 0.717) is 12.6 Å². The molecular weight excluding hydrogens is 374 g/mol. The van der Waals surface area contributed by atoms with E-state index in [4.69, 9.17) is 14.5 Å². The van der Waals surface area contributed by atoms with Crippen LogP contribution in [0, 0.1) is 0 Å². The first kappa shape index (κ1) is 18.7. The summed E-state index contributed by atoms with van der Waals surface area (Å²) in [5.74, 6) is 2.32. The number of para-hydroxylation sites is 2. The zero-order valence-corrected chi connectivity index (χ0v) is 16.6. The molecule has 0 atom stereocenters. The van der Waals surface area contributed by atoms with Crippen LogP contribution in [0.1, 0.15) is 12.8 Å². The Morgan fingerprint density at radius 3 is 2.86 bits per heavy atom. The van der Waals surface area contributed by atoms with Crippen molar-refractivity contribution in [2.45, 2.75) is 30.6 Å². The lowest BCUT2D eigenvalue weighted by atomic mass is 10.3. The van der Waals surface area contributed by atoms with Crippen molar-refractivity contribution in [3.63, 3.8) is 0 Å². The number of aromatic nitrogens is 2. The highest BCUT2D eigenvalue weighted by Gasteiger charge is 2.24. The first-order chi connectivity index (χ1) is 13.7. The molecule has 0 radical (unpaired) electrons. The van der Waals surface area contributed by atoms with Crippen LogP contribution in [0.3, 0.4) is 0 Å². The number of fused-ring (bicyclic) bond motifs is 1. The van der Waals surface area contributed by atoms with E-state index < -0.39 is 0 Å². The Morgan fingerprint density at radius 1 is 1.21 bits per heavy atom. The number of carbonyl (C=O) groups is 1. The van der Waals surface area contributed by atoms with Crippen LogP contribution >= 0.6 is 11.8 Å². The molecule has 2 aromatic carbocycles. The van der Waals surface area contributed by atoms with Gasteiger partial charge in [-0.1, -0.05) is 30.0 Å². The van der Waals surface area contributed by atoms with Gasteiger partial charge in [-0.15, -0.1) is 0 Å². The topological polar surface area (TPSA) is 65.4 Å². The Balaban J connectivity index is 1.40. The number of nitrogens with one attached hydrogen (secondary N) is 1. The molecular formula is C21H23N3O3S. The summed E-state index contributed by atoms with van der Waals surface area (Å²) >= 11 is 1.59. The second-order valence-corrected chi connectivity index (χ2v) is 7.75. The summed E-state index contributed by atoms with van der Waals surface area (Å²) in [7, 11) is 1.64. The van der Waals surface area contributed by atoms with Gasteiger partial charge in [-0.2, -0.15) is 0 Å². The number of ether oxygens (including phenoxy) is 2. The van der Waals surface area contributed by atoms with Crippen LogP contribution in [0.15, 0.2) is 53.7 Å². The summed E-state index contributed by atoms with van der Waals surface area (Å²) in [6.07, 6.45) is 2.17. The van der Waals surface area contributed by atoms with Crippen molar-refractivity contribution in [2.24, 2.45) is 0 Å². The van der Waals surface area contributed by atoms with E-state index in [1.807, 2.05) is 53.1 Å². The van der Waals surface area contributed by atoms with Crippen molar-refractivity contribution in [1.82, 2.24) is 14.9 Å². The number of amides is 1. The first-order valence-corrected chi connectivity index (χ1v) is 10.4. The van der Waals surface area contributed by atoms with Gasteiger partial charge in [-0.25, -0.2) is 4.98 Å². The zero-order chi connectivity index (χ0) is 19.3. The molecule has 1 saturated carbocycles. The molecule has 1 fully saturated rings. The van der Waals surface area contributed by atoms with Gasteiger partial charge in [0.1, 0.15) is 18.0 Å². The van der Waals surface area contributed by atoms with Crippen LogP contribution in [-0.2, 0) is 11.3 Å². The SMILES string of the molecule is COc1cccc(OCCSc2nc3ccccc3n2CC(=O)NC2CC2)c1. The van der Waals surface area contributed by atoms with Crippen molar-refractivity contribution < 1.29 is 14.3 Å². The zero-order valence-electron chi connectivity index (χ0n) is 15.8. The third-order valence-corrected chi connectivity index (χ3v) is 5.43. The van der Waals surface area contributed by atoms with E-state index >= 15 is 0 Å². The highest BCUT2D eigenvalue weighted by atomic mass is 32.2. The van der Waals surface area contributed by atoms with E-state index in [1.54, 1.807) is 18.9 Å². The van der Waals surface area contributed by atoms with E-state index in [0.717, 1.165) is 46.3 Å². The van der Waals surface area contributed by atoms with Crippen LogP contribution in [-0.4, -0.2) is 41.0 Å². The van der Waals surface area contributed by atoms with Gasteiger partial charge in [0.15, 0.2) is 5.16 Å². The van der Waals surface area contributed by atoms with Crippen molar-refractivity contribution in [2.75, 3.05) is 19.5 Å². The number of rotatable bonds is 9. The van der Waals surface area contributed by atoms with E-state index in [1.165, 1.54) is 0 Å². The van der Waals surface area contributed by atoms with Crippen LogP contribution in [0.2, 0.25) is 0 Å². The van der Waals surface area contributed by atoms with Gasteiger partial charge in [0.2, 0.25) is 5.91 Å². The fourth-order valence-electron chi connectivity index (χ4n) is 2.94. The lowest BCUT2D eigenvalue weighted by Crippen LogP contribution is -2.29. The standard InChI is InChI=1S/C21H23N3O3S/c1-26-16-5-4-6-17(13-16)27-11-12-28-21-23-18-7-2-3-8-19(18)24(21)14-20(25)22-15-9-10-15/h2-8,13,15H,9-12,14H2,1H3,(H,22,25). The van der Waals surface area contributed by atoms with Gasteiger partial charge >= 0.3 is 0 Å². The summed E-state index contributed by atoms with van der Waals surface area (Å²) in [6, 6.07) is 15.8. The molecule has 0 aliphatic heterocycles. The number of methoxy groups -OCH3 is 1. The first-order valence-electron chi connectivity index (χ1n) is 9.37. The predicted molar refractivity (Wildman–Crippen MR) is 110 cm³/mol.